The maximum atomic E-state index is 13.4. The molecule has 0 aromatic heterocycles. The molecule has 1 fully saturated rings. The van der Waals surface area contributed by atoms with Crippen molar-refractivity contribution in [3.05, 3.63) is 68.7 Å². The smallest absolute Gasteiger partial charge is 0.337 e. The largest absolute Gasteiger partial charge is 0.465 e. The predicted octanol–water partition coefficient (Wildman–Crippen LogP) is 2.43. The molecule has 0 aliphatic carbocycles. The maximum Gasteiger partial charge on any atom is 0.337 e. The van der Waals surface area contributed by atoms with Gasteiger partial charge < -0.3 is 19.1 Å². The average molecular weight is 520 g/mol. The first-order valence-corrected chi connectivity index (χ1v) is 10.9. The van der Waals surface area contributed by atoms with E-state index in [0.717, 1.165) is 15.9 Å². The molecule has 36 heavy (non-hydrogen) atoms. The van der Waals surface area contributed by atoms with Crippen LogP contribution in [0.4, 0.5) is 11.4 Å². The van der Waals surface area contributed by atoms with Crippen LogP contribution in [0.15, 0.2) is 42.5 Å². The molecular weight excluding hydrogens is 498 g/mol. The highest BCUT2D eigenvalue weighted by molar-refractivity contribution is 6.32. The molecule has 1 aliphatic rings. The fourth-order valence-electron chi connectivity index (χ4n) is 3.70. The van der Waals surface area contributed by atoms with E-state index in [4.69, 9.17) is 21.1 Å². The van der Waals surface area contributed by atoms with E-state index < -0.39 is 46.6 Å². The van der Waals surface area contributed by atoms with Crippen molar-refractivity contribution in [2.24, 2.45) is 0 Å². The Morgan fingerprint density at radius 3 is 2.28 bits per heavy atom. The van der Waals surface area contributed by atoms with Crippen LogP contribution in [0.3, 0.4) is 0 Å². The summed E-state index contributed by atoms with van der Waals surface area (Å²) < 4.78 is 15.0. The number of carbonyl (C=O) groups excluding carboxylic acids is 4. The quantitative estimate of drug-likeness (QED) is 0.160. The molecule has 0 radical (unpaired) electrons. The number of hydrogen-bond acceptors (Lipinski definition) is 9. The van der Waals surface area contributed by atoms with E-state index >= 15 is 0 Å². The van der Waals surface area contributed by atoms with Crippen LogP contribution in [-0.2, 0) is 23.8 Å². The number of nitrogens with zero attached hydrogens (tertiary/aromatic N) is 3. The molecular formula is C23H22ClN3O9. The maximum absolute atomic E-state index is 13.4. The van der Waals surface area contributed by atoms with Gasteiger partial charge in [-0.1, -0.05) is 11.6 Å². The standard InChI is InChI=1S/C23H22ClN3O9/c1-34-20(35-2)12-25(21(29)14-6-9-16(24)17(10-14)27(32)33)18-11-19(28)26(22(18)30)15-7-4-13(5-8-15)23(31)36-3/h4-10,18,20H,11-12H2,1-3H3. The second kappa shape index (κ2) is 11.2. The zero-order chi connectivity index (χ0) is 26.6. The summed E-state index contributed by atoms with van der Waals surface area (Å²) >= 11 is 5.86. The lowest BCUT2D eigenvalue weighted by Crippen LogP contribution is -2.49. The Hall–Kier alpha value is -3.87. The lowest BCUT2D eigenvalue weighted by molar-refractivity contribution is -0.384. The summed E-state index contributed by atoms with van der Waals surface area (Å²) in [5.74, 6) is -2.63. The van der Waals surface area contributed by atoms with Gasteiger partial charge in [0.2, 0.25) is 5.91 Å². The minimum Gasteiger partial charge on any atom is -0.465 e. The Morgan fingerprint density at radius 2 is 1.72 bits per heavy atom. The number of imide groups is 1. The summed E-state index contributed by atoms with van der Waals surface area (Å²) in [5, 5.41) is 11.1. The summed E-state index contributed by atoms with van der Waals surface area (Å²) in [7, 11) is 3.89. The van der Waals surface area contributed by atoms with Gasteiger partial charge >= 0.3 is 5.97 Å². The Bertz CT molecular complexity index is 1200. The molecule has 1 heterocycles. The van der Waals surface area contributed by atoms with Gasteiger partial charge in [-0.05, 0) is 36.4 Å². The predicted molar refractivity (Wildman–Crippen MR) is 126 cm³/mol. The van der Waals surface area contributed by atoms with Crippen molar-refractivity contribution >= 4 is 46.7 Å². The van der Waals surface area contributed by atoms with Crippen LogP contribution in [0.5, 0.6) is 0 Å². The molecule has 2 aromatic rings. The van der Waals surface area contributed by atoms with Crippen molar-refractivity contribution in [3.8, 4) is 0 Å². The lowest BCUT2D eigenvalue weighted by Gasteiger charge is -2.30. The number of esters is 1. The summed E-state index contributed by atoms with van der Waals surface area (Å²) in [6.07, 6.45) is -1.30. The summed E-state index contributed by atoms with van der Waals surface area (Å²) in [6.45, 7) is -0.249. The fourth-order valence-corrected chi connectivity index (χ4v) is 3.89. The number of hydrogen-bond donors (Lipinski definition) is 0. The van der Waals surface area contributed by atoms with Crippen LogP contribution in [0.2, 0.25) is 5.02 Å². The van der Waals surface area contributed by atoms with E-state index in [9.17, 15) is 29.3 Å². The highest BCUT2D eigenvalue weighted by Gasteiger charge is 2.45. The molecule has 1 unspecified atom stereocenters. The highest BCUT2D eigenvalue weighted by Crippen LogP contribution is 2.30. The summed E-state index contributed by atoms with van der Waals surface area (Å²) in [5.41, 5.74) is -0.178. The van der Waals surface area contributed by atoms with E-state index in [-0.39, 0.29) is 34.8 Å². The average Bonchev–Trinajstić information content (AvgIpc) is 3.17. The molecule has 0 spiro atoms. The van der Waals surface area contributed by atoms with Gasteiger partial charge in [0.1, 0.15) is 11.1 Å². The zero-order valence-corrected chi connectivity index (χ0v) is 20.3. The van der Waals surface area contributed by atoms with Gasteiger partial charge in [-0.15, -0.1) is 0 Å². The fraction of sp³-hybridized carbons (Fsp3) is 0.304. The monoisotopic (exact) mass is 519 g/mol. The SMILES string of the molecule is COC(=O)c1ccc(N2C(=O)CC(N(CC(OC)OC)C(=O)c3ccc(Cl)c([N+](=O)[O-])c3)C2=O)cc1. The summed E-state index contributed by atoms with van der Waals surface area (Å²) in [6, 6.07) is 7.85. The molecule has 1 aliphatic heterocycles. The van der Waals surface area contributed by atoms with Crippen molar-refractivity contribution < 1.29 is 38.3 Å². The van der Waals surface area contributed by atoms with E-state index in [0.29, 0.717) is 0 Å². The number of ether oxygens (including phenoxy) is 3. The third-order valence-corrected chi connectivity index (χ3v) is 5.89. The molecule has 1 saturated heterocycles. The molecule has 0 saturated carbocycles. The second-order valence-corrected chi connectivity index (χ2v) is 8.01. The van der Waals surface area contributed by atoms with Gasteiger partial charge in [-0.2, -0.15) is 0 Å². The van der Waals surface area contributed by atoms with Crippen LogP contribution in [0, 0.1) is 10.1 Å². The van der Waals surface area contributed by atoms with Crippen LogP contribution in [-0.4, -0.2) is 73.7 Å². The van der Waals surface area contributed by atoms with Crippen molar-refractivity contribution in [3.63, 3.8) is 0 Å². The first-order chi connectivity index (χ1) is 17.1. The van der Waals surface area contributed by atoms with Crippen molar-refractivity contribution in [2.75, 3.05) is 32.8 Å². The molecule has 0 N–H and O–H groups in total. The van der Waals surface area contributed by atoms with Crippen LogP contribution in [0.1, 0.15) is 27.1 Å². The van der Waals surface area contributed by atoms with Crippen LogP contribution in [0.25, 0.3) is 0 Å². The Kier molecular flexibility index (Phi) is 8.35. The van der Waals surface area contributed by atoms with Gasteiger partial charge in [-0.25, -0.2) is 9.69 Å². The van der Waals surface area contributed by atoms with E-state index in [1.54, 1.807) is 0 Å². The minimum absolute atomic E-state index is 0.113. The molecule has 1 atom stereocenters. The van der Waals surface area contributed by atoms with Crippen molar-refractivity contribution in [1.82, 2.24) is 4.90 Å². The number of anilines is 1. The number of methoxy groups -OCH3 is 3. The van der Waals surface area contributed by atoms with E-state index in [2.05, 4.69) is 4.74 Å². The second-order valence-electron chi connectivity index (χ2n) is 7.61. The molecule has 0 bridgehead atoms. The topological polar surface area (TPSA) is 146 Å². The number of amides is 3. The Morgan fingerprint density at radius 1 is 1.11 bits per heavy atom. The van der Waals surface area contributed by atoms with Gasteiger partial charge in [0.15, 0.2) is 6.29 Å². The molecule has 12 nitrogen and oxygen atoms in total. The first kappa shape index (κ1) is 26.7. The summed E-state index contributed by atoms with van der Waals surface area (Å²) in [4.78, 5) is 63.9. The van der Waals surface area contributed by atoms with Gasteiger partial charge in [0.25, 0.3) is 17.5 Å². The Labute approximate surface area is 210 Å². The van der Waals surface area contributed by atoms with E-state index in [1.807, 2.05) is 0 Å². The molecule has 3 rings (SSSR count). The third-order valence-electron chi connectivity index (χ3n) is 5.57. The number of nitro benzene ring substituents is 1. The first-order valence-electron chi connectivity index (χ1n) is 10.5. The number of rotatable bonds is 9. The van der Waals surface area contributed by atoms with Crippen molar-refractivity contribution in [1.29, 1.82) is 0 Å². The third kappa shape index (κ3) is 5.35. The van der Waals surface area contributed by atoms with Gasteiger partial charge in [-0.3, -0.25) is 24.5 Å². The highest BCUT2D eigenvalue weighted by atomic mass is 35.5. The van der Waals surface area contributed by atoms with Crippen LogP contribution < -0.4 is 4.90 Å². The number of halogens is 1. The normalized spacial score (nSPS) is 15.4. The van der Waals surface area contributed by atoms with Crippen LogP contribution >= 0.6 is 11.6 Å². The molecule has 3 amide bonds. The van der Waals surface area contributed by atoms with Crippen molar-refractivity contribution in [2.45, 2.75) is 18.8 Å². The van der Waals surface area contributed by atoms with Gasteiger partial charge in [0.05, 0.1) is 36.2 Å². The Balaban J connectivity index is 1.96. The lowest BCUT2D eigenvalue weighted by atomic mass is 10.1. The minimum atomic E-state index is -1.24. The molecule has 13 heteroatoms. The molecule has 190 valence electrons. The number of benzene rings is 2. The van der Waals surface area contributed by atoms with E-state index in [1.165, 1.54) is 57.7 Å². The molecule has 2 aromatic carbocycles. The number of nitro groups is 1. The van der Waals surface area contributed by atoms with Gasteiger partial charge in [0, 0.05) is 25.8 Å². The zero-order valence-electron chi connectivity index (χ0n) is 19.5. The number of carbonyl (C=O) groups is 4.